The second kappa shape index (κ2) is 11.4. The molecule has 1 fully saturated rings. The number of nitrogens with one attached hydrogen (secondary N) is 1. The number of hydrogen-bond donors (Lipinski definition) is 1. The van der Waals surface area contributed by atoms with Crippen LogP contribution in [0.5, 0.6) is 5.75 Å². The van der Waals surface area contributed by atoms with Gasteiger partial charge in [0, 0.05) is 17.6 Å². The van der Waals surface area contributed by atoms with Gasteiger partial charge in [-0.3, -0.25) is 9.59 Å². The number of para-hydroxylation sites is 1. The monoisotopic (exact) mass is 462 g/mol. The lowest BCUT2D eigenvalue weighted by Crippen LogP contribution is -2.51. The van der Waals surface area contributed by atoms with Gasteiger partial charge in [-0.1, -0.05) is 72.8 Å². The van der Waals surface area contributed by atoms with Crippen molar-refractivity contribution >= 4 is 35.0 Å². The Morgan fingerprint density at radius 3 is 2.35 bits per heavy atom. The van der Waals surface area contributed by atoms with Crippen molar-refractivity contribution in [2.75, 3.05) is 6.61 Å². The van der Waals surface area contributed by atoms with E-state index < -0.39 is 6.04 Å². The predicted molar refractivity (Wildman–Crippen MR) is 123 cm³/mol. The standard InChI is InChI=1S/C24H28Cl2N2O3/c1-17(24(30)27-19-10-3-2-4-11-19)28(15-18-9-5-6-12-20(18)25)23(29)16-31-22-14-8-7-13-21(22)26/h5-9,12-14,17,19H,2-4,10-11,15-16H2,1H3,(H,27,30)/t17-/m0/s1. The molecule has 0 bridgehead atoms. The highest BCUT2D eigenvalue weighted by atomic mass is 35.5. The first-order valence-corrected chi connectivity index (χ1v) is 11.4. The van der Waals surface area contributed by atoms with Gasteiger partial charge in [0.25, 0.3) is 5.91 Å². The van der Waals surface area contributed by atoms with Gasteiger partial charge in [-0.25, -0.2) is 0 Å². The van der Waals surface area contributed by atoms with Gasteiger partial charge in [-0.05, 0) is 43.5 Å². The molecule has 1 atom stereocenters. The lowest BCUT2D eigenvalue weighted by Gasteiger charge is -2.31. The molecular weight excluding hydrogens is 435 g/mol. The van der Waals surface area contributed by atoms with Gasteiger partial charge in [-0.2, -0.15) is 0 Å². The minimum atomic E-state index is -0.666. The summed E-state index contributed by atoms with van der Waals surface area (Å²) in [6.07, 6.45) is 5.40. The average Bonchev–Trinajstić information content (AvgIpc) is 2.78. The number of benzene rings is 2. The molecule has 1 aliphatic rings. The summed E-state index contributed by atoms with van der Waals surface area (Å²) in [7, 11) is 0. The summed E-state index contributed by atoms with van der Waals surface area (Å²) in [6.45, 7) is 1.72. The van der Waals surface area contributed by atoms with E-state index in [2.05, 4.69) is 5.32 Å². The Morgan fingerprint density at radius 1 is 1.03 bits per heavy atom. The van der Waals surface area contributed by atoms with E-state index in [1.807, 2.05) is 18.2 Å². The lowest BCUT2D eigenvalue weighted by molar-refractivity contribution is -0.142. The molecule has 5 nitrogen and oxygen atoms in total. The fourth-order valence-corrected chi connectivity index (χ4v) is 4.13. The fraction of sp³-hybridized carbons (Fsp3) is 0.417. The van der Waals surface area contributed by atoms with E-state index in [-0.39, 0.29) is 31.0 Å². The molecule has 0 heterocycles. The number of ether oxygens (including phenoxy) is 1. The maximum absolute atomic E-state index is 13.1. The molecular formula is C24H28Cl2N2O3. The highest BCUT2D eigenvalue weighted by Crippen LogP contribution is 2.24. The van der Waals surface area contributed by atoms with Gasteiger partial charge < -0.3 is 15.0 Å². The molecule has 1 aliphatic carbocycles. The lowest BCUT2D eigenvalue weighted by atomic mass is 9.95. The minimum Gasteiger partial charge on any atom is -0.482 e. The van der Waals surface area contributed by atoms with E-state index in [1.165, 1.54) is 11.3 Å². The molecule has 0 radical (unpaired) electrons. The Kier molecular flexibility index (Phi) is 8.61. The summed E-state index contributed by atoms with van der Waals surface area (Å²) in [5, 5.41) is 4.08. The molecule has 1 saturated carbocycles. The highest BCUT2D eigenvalue weighted by molar-refractivity contribution is 6.32. The van der Waals surface area contributed by atoms with E-state index in [1.54, 1.807) is 37.3 Å². The molecule has 166 valence electrons. The summed E-state index contributed by atoms with van der Waals surface area (Å²) >= 11 is 12.4. The Morgan fingerprint density at radius 2 is 1.68 bits per heavy atom. The Hall–Kier alpha value is -2.24. The first-order chi connectivity index (χ1) is 15.0. The SMILES string of the molecule is C[C@@H](C(=O)NC1CCCCC1)N(Cc1ccccc1Cl)C(=O)COc1ccccc1Cl. The number of hydrogen-bond acceptors (Lipinski definition) is 3. The summed E-state index contributed by atoms with van der Waals surface area (Å²) in [5.74, 6) is -0.0503. The Bertz CT molecular complexity index is 900. The molecule has 31 heavy (non-hydrogen) atoms. The van der Waals surface area contributed by atoms with Gasteiger partial charge >= 0.3 is 0 Å². The second-order valence-corrected chi connectivity index (χ2v) is 8.67. The van der Waals surface area contributed by atoms with E-state index in [9.17, 15) is 9.59 Å². The number of carbonyl (C=O) groups is 2. The van der Waals surface area contributed by atoms with Gasteiger partial charge in [0.05, 0.1) is 5.02 Å². The second-order valence-electron chi connectivity index (χ2n) is 7.85. The van der Waals surface area contributed by atoms with Crippen LogP contribution in [0.2, 0.25) is 10.0 Å². The van der Waals surface area contributed by atoms with E-state index >= 15 is 0 Å². The first-order valence-electron chi connectivity index (χ1n) is 10.7. The van der Waals surface area contributed by atoms with E-state index in [0.717, 1.165) is 31.2 Å². The number of carbonyl (C=O) groups excluding carboxylic acids is 2. The summed E-state index contributed by atoms with van der Waals surface area (Å²) in [5.41, 5.74) is 0.771. The van der Waals surface area contributed by atoms with Crippen molar-refractivity contribution in [1.29, 1.82) is 0 Å². The topological polar surface area (TPSA) is 58.6 Å². The van der Waals surface area contributed by atoms with E-state index in [0.29, 0.717) is 15.8 Å². The molecule has 0 aromatic heterocycles. The van der Waals surface area contributed by atoms with Crippen LogP contribution in [-0.4, -0.2) is 35.4 Å². The summed E-state index contributed by atoms with van der Waals surface area (Å²) in [6, 6.07) is 13.8. The van der Waals surface area contributed by atoms with Crippen molar-refractivity contribution < 1.29 is 14.3 Å². The molecule has 2 aromatic rings. The highest BCUT2D eigenvalue weighted by Gasteiger charge is 2.29. The summed E-state index contributed by atoms with van der Waals surface area (Å²) in [4.78, 5) is 27.6. The molecule has 0 unspecified atom stereocenters. The van der Waals surface area contributed by atoms with Gasteiger partial charge in [0.15, 0.2) is 6.61 Å². The van der Waals surface area contributed by atoms with Crippen LogP contribution < -0.4 is 10.1 Å². The third-order valence-electron chi connectivity index (χ3n) is 5.61. The Labute approximate surface area is 193 Å². The van der Waals surface area contributed by atoms with Gasteiger partial charge in [0.2, 0.25) is 5.91 Å². The van der Waals surface area contributed by atoms with Crippen LogP contribution in [0.15, 0.2) is 48.5 Å². The zero-order valence-corrected chi connectivity index (χ0v) is 19.2. The summed E-state index contributed by atoms with van der Waals surface area (Å²) < 4.78 is 5.64. The van der Waals surface area contributed by atoms with Gasteiger partial charge in [0.1, 0.15) is 11.8 Å². The average molecular weight is 463 g/mol. The quantitative estimate of drug-likeness (QED) is 0.583. The molecule has 0 aliphatic heterocycles. The molecule has 1 N–H and O–H groups in total. The zero-order valence-electron chi connectivity index (χ0n) is 17.7. The van der Waals surface area contributed by atoms with Crippen LogP contribution in [0.25, 0.3) is 0 Å². The predicted octanol–water partition coefficient (Wildman–Crippen LogP) is 5.24. The minimum absolute atomic E-state index is 0.162. The number of amides is 2. The van der Waals surface area contributed by atoms with Gasteiger partial charge in [-0.15, -0.1) is 0 Å². The van der Waals surface area contributed by atoms with Crippen LogP contribution >= 0.6 is 23.2 Å². The number of rotatable bonds is 8. The van der Waals surface area contributed by atoms with Crippen LogP contribution in [0.1, 0.15) is 44.6 Å². The van der Waals surface area contributed by atoms with Crippen LogP contribution in [0.4, 0.5) is 0 Å². The zero-order chi connectivity index (χ0) is 22.2. The van der Waals surface area contributed by atoms with Crippen LogP contribution in [0, 0.1) is 0 Å². The number of halogens is 2. The van der Waals surface area contributed by atoms with Crippen molar-refractivity contribution in [3.8, 4) is 5.75 Å². The molecule has 7 heteroatoms. The maximum Gasteiger partial charge on any atom is 0.261 e. The van der Waals surface area contributed by atoms with Crippen LogP contribution in [0.3, 0.4) is 0 Å². The normalized spacial score (nSPS) is 15.2. The largest absolute Gasteiger partial charge is 0.482 e. The third kappa shape index (κ3) is 6.62. The molecule has 3 rings (SSSR count). The molecule has 2 aromatic carbocycles. The molecule has 2 amide bonds. The molecule has 0 spiro atoms. The fourth-order valence-electron chi connectivity index (χ4n) is 3.75. The third-order valence-corrected chi connectivity index (χ3v) is 6.29. The van der Waals surface area contributed by atoms with E-state index in [4.69, 9.17) is 27.9 Å². The number of nitrogens with zero attached hydrogens (tertiary/aromatic N) is 1. The molecule has 0 saturated heterocycles. The van der Waals surface area contributed by atoms with Crippen LogP contribution in [-0.2, 0) is 16.1 Å². The smallest absolute Gasteiger partial charge is 0.261 e. The maximum atomic E-state index is 13.1. The van der Waals surface area contributed by atoms with Crippen molar-refractivity contribution in [1.82, 2.24) is 10.2 Å². The first kappa shape index (κ1) is 23.4. The van der Waals surface area contributed by atoms with Crippen molar-refractivity contribution in [2.45, 2.75) is 57.7 Å². The van der Waals surface area contributed by atoms with Crippen molar-refractivity contribution in [3.05, 3.63) is 64.1 Å². The Balaban J connectivity index is 1.72. The van der Waals surface area contributed by atoms with Crippen molar-refractivity contribution in [2.24, 2.45) is 0 Å². The van der Waals surface area contributed by atoms with Crippen molar-refractivity contribution in [3.63, 3.8) is 0 Å².